The van der Waals surface area contributed by atoms with E-state index in [9.17, 15) is 4.79 Å². The zero-order valence-electron chi connectivity index (χ0n) is 18.0. The second-order valence-electron chi connectivity index (χ2n) is 8.35. The number of rotatable bonds is 3. The number of nitrogens with zero attached hydrogens (tertiary/aromatic N) is 4. The molecule has 1 saturated heterocycles. The summed E-state index contributed by atoms with van der Waals surface area (Å²) in [5, 5.41) is 0.511. The molecule has 0 saturated carbocycles. The predicted molar refractivity (Wildman–Crippen MR) is 114 cm³/mol. The number of allylic oxidation sites excluding steroid dienone is 1. The van der Waals surface area contributed by atoms with Gasteiger partial charge in [-0.15, -0.1) is 0 Å². The first-order valence-corrected chi connectivity index (χ1v) is 9.87. The Labute approximate surface area is 171 Å². The first-order chi connectivity index (χ1) is 13.7. The molecule has 1 aliphatic rings. The molecular weight excluding hydrogens is 366 g/mol. The molecule has 1 aliphatic heterocycles. The average Bonchev–Trinajstić information content (AvgIpc) is 3.13. The van der Waals surface area contributed by atoms with Gasteiger partial charge in [0, 0.05) is 12.6 Å². The molecule has 0 radical (unpaired) electrons. The van der Waals surface area contributed by atoms with E-state index < -0.39 is 11.6 Å². The van der Waals surface area contributed by atoms with Crippen molar-refractivity contribution in [1.82, 2.24) is 19.4 Å². The average molecular weight is 396 g/mol. The third kappa shape index (κ3) is 3.93. The van der Waals surface area contributed by atoms with Crippen molar-refractivity contribution in [3.63, 3.8) is 0 Å². The molecule has 0 amide bonds. The van der Waals surface area contributed by atoms with E-state index >= 15 is 0 Å². The monoisotopic (exact) mass is 395 g/mol. The van der Waals surface area contributed by atoms with Crippen molar-refractivity contribution in [2.24, 2.45) is 0 Å². The van der Waals surface area contributed by atoms with E-state index in [1.807, 2.05) is 38.3 Å². The van der Waals surface area contributed by atoms with Crippen molar-refractivity contribution in [3.05, 3.63) is 29.9 Å². The summed E-state index contributed by atoms with van der Waals surface area (Å²) in [5.74, 6) is 5.85. The van der Waals surface area contributed by atoms with Crippen molar-refractivity contribution >= 4 is 22.8 Å². The highest BCUT2D eigenvalue weighted by atomic mass is 16.6. The standard InChI is InChI=1S/C22H29N5O2/c1-7-9-16-17(21(28)29-22(4,5)6)18-19(23)24-13-25-20(18)27(16)15-11-14(3)26(12-15)10-8-2/h8,10,13-15H,11-12H2,1-6H3,(H2,23,24,25)/t14-,15+/m0/s1. The number of fused-ring (bicyclic) bond motifs is 1. The lowest BCUT2D eigenvalue weighted by atomic mass is 10.1. The molecule has 29 heavy (non-hydrogen) atoms. The van der Waals surface area contributed by atoms with E-state index in [1.165, 1.54) is 6.33 Å². The molecule has 7 nitrogen and oxygen atoms in total. The van der Waals surface area contributed by atoms with Gasteiger partial charge in [0.05, 0.1) is 11.4 Å². The summed E-state index contributed by atoms with van der Waals surface area (Å²) < 4.78 is 7.72. The van der Waals surface area contributed by atoms with Crippen LogP contribution in [0.2, 0.25) is 0 Å². The molecule has 7 heteroatoms. The van der Waals surface area contributed by atoms with Crippen LogP contribution >= 0.6 is 0 Å². The molecule has 0 spiro atoms. The smallest absolute Gasteiger partial charge is 0.342 e. The lowest BCUT2D eigenvalue weighted by molar-refractivity contribution is 0.00712. The Morgan fingerprint density at radius 3 is 2.72 bits per heavy atom. The van der Waals surface area contributed by atoms with Crippen molar-refractivity contribution in [1.29, 1.82) is 0 Å². The van der Waals surface area contributed by atoms with E-state index in [2.05, 4.69) is 39.8 Å². The lowest BCUT2D eigenvalue weighted by Crippen LogP contribution is -2.24. The molecule has 3 heterocycles. The van der Waals surface area contributed by atoms with Gasteiger partial charge in [-0.3, -0.25) is 0 Å². The number of carbonyl (C=O) groups is 1. The predicted octanol–water partition coefficient (Wildman–Crippen LogP) is 3.51. The van der Waals surface area contributed by atoms with Crippen LogP contribution in [0.3, 0.4) is 0 Å². The summed E-state index contributed by atoms with van der Waals surface area (Å²) in [6.07, 6.45) is 6.47. The number of carbonyl (C=O) groups excluding carboxylic acids is 1. The summed E-state index contributed by atoms with van der Waals surface area (Å²) in [7, 11) is 0. The molecule has 0 aliphatic carbocycles. The van der Waals surface area contributed by atoms with Gasteiger partial charge in [0.2, 0.25) is 0 Å². The van der Waals surface area contributed by atoms with E-state index in [0.29, 0.717) is 28.3 Å². The molecule has 154 valence electrons. The Morgan fingerprint density at radius 2 is 2.10 bits per heavy atom. The summed E-state index contributed by atoms with van der Waals surface area (Å²) in [6, 6.07) is 0.463. The fourth-order valence-corrected chi connectivity index (χ4v) is 3.89. The zero-order valence-corrected chi connectivity index (χ0v) is 18.0. The second-order valence-corrected chi connectivity index (χ2v) is 8.35. The fourth-order valence-electron chi connectivity index (χ4n) is 3.89. The van der Waals surface area contributed by atoms with Gasteiger partial charge in [0.1, 0.15) is 34.7 Å². The quantitative estimate of drug-likeness (QED) is 0.632. The molecule has 2 atom stereocenters. The summed E-state index contributed by atoms with van der Waals surface area (Å²) in [5.41, 5.74) is 7.11. The molecule has 2 N–H and O–H groups in total. The molecule has 0 unspecified atom stereocenters. The highest BCUT2D eigenvalue weighted by molar-refractivity contribution is 6.09. The summed E-state index contributed by atoms with van der Waals surface area (Å²) >= 11 is 0. The van der Waals surface area contributed by atoms with Crippen LogP contribution in [0.25, 0.3) is 11.0 Å². The van der Waals surface area contributed by atoms with Crippen molar-refractivity contribution in [3.8, 4) is 11.8 Å². The van der Waals surface area contributed by atoms with Crippen molar-refractivity contribution in [2.45, 2.75) is 65.6 Å². The maximum Gasteiger partial charge on any atom is 0.342 e. The Balaban J connectivity index is 2.25. The van der Waals surface area contributed by atoms with Gasteiger partial charge in [-0.2, -0.15) is 0 Å². The number of nitrogen functional groups attached to an aromatic ring is 1. The minimum absolute atomic E-state index is 0.102. The maximum atomic E-state index is 13.1. The Hall–Kier alpha value is -3.01. The third-order valence-electron chi connectivity index (χ3n) is 4.97. The highest BCUT2D eigenvalue weighted by Gasteiger charge is 2.35. The largest absolute Gasteiger partial charge is 0.456 e. The number of likely N-dealkylation sites (tertiary alicyclic amines) is 1. The van der Waals surface area contributed by atoms with Gasteiger partial charge < -0.3 is 19.9 Å². The maximum absolute atomic E-state index is 13.1. The van der Waals surface area contributed by atoms with Crippen LogP contribution in [0.15, 0.2) is 18.6 Å². The van der Waals surface area contributed by atoms with E-state index in [4.69, 9.17) is 10.5 Å². The summed E-state index contributed by atoms with van der Waals surface area (Å²) in [6.45, 7) is 12.3. The number of hydrogen-bond acceptors (Lipinski definition) is 6. The lowest BCUT2D eigenvalue weighted by Gasteiger charge is -2.20. The van der Waals surface area contributed by atoms with E-state index in [0.717, 1.165) is 13.0 Å². The Bertz CT molecular complexity index is 1020. The topological polar surface area (TPSA) is 86.3 Å². The third-order valence-corrected chi connectivity index (χ3v) is 4.97. The van der Waals surface area contributed by atoms with Crippen LogP contribution in [0.4, 0.5) is 5.82 Å². The van der Waals surface area contributed by atoms with Gasteiger partial charge in [-0.25, -0.2) is 14.8 Å². The van der Waals surface area contributed by atoms with Gasteiger partial charge in [0.25, 0.3) is 0 Å². The highest BCUT2D eigenvalue weighted by Crippen LogP contribution is 2.36. The summed E-state index contributed by atoms with van der Waals surface area (Å²) in [4.78, 5) is 24.0. The molecule has 2 aromatic heterocycles. The SMILES string of the molecule is CC#Cc1c(C(=O)OC(C)(C)C)c2c(N)ncnc2n1[C@@H]1C[C@H](C)N(C=CC)C1. The number of ether oxygens (including phenoxy) is 1. The van der Waals surface area contributed by atoms with Crippen molar-refractivity contribution < 1.29 is 9.53 Å². The van der Waals surface area contributed by atoms with Crippen LogP contribution in [0, 0.1) is 11.8 Å². The molecule has 2 aromatic rings. The normalized spacial score (nSPS) is 19.6. The molecule has 0 bridgehead atoms. The second kappa shape index (κ2) is 7.78. The number of aromatic nitrogens is 3. The Kier molecular flexibility index (Phi) is 5.56. The minimum Gasteiger partial charge on any atom is -0.456 e. The first kappa shape index (κ1) is 20.7. The van der Waals surface area contributed by atoms with Crippen LogP contribution in [0.5, 0.6) is 0 Å². The fraction of sp³-hybridized carbons (Fsp3) is 0.500. The molecular formula is C22H29N5O2. The number of nitrogens with two attached hydrogens (primary N) is 1. The number of anilines is 1. The van der Waals surface area contributed by atoms with Crippen LogP contribution in [-0.4, -0.2) is 43.6 Å². The first-order valence-electron chi connectivity index (χ1n) is 9.87. The van der Waals surface area contributed by atoms with E-state index in [-0.39, 0.29) is 11.9 Å². The van der Waals surface area contributed by atoms with Crippen LogP contribution in [-0.2, 0) is 4.74 Å². The van der Waals surface area contributed by atoms with Gasteiger partial charge in [-0.05, 0) is 60.1 Å². The Morgan fingerprint density at radius 1 is 1.38 bits per heavy atom. The van der Waals surface area contributed by atoms with Crippen LogP contribution < -0.4 is 5.73 Å². The van der Waals surface area contributed by atoms with Gasteiger partial charge >= 0.3 is 5.97 Å². The van der Waals surface area contributed by atoms with Crippen molar-refractivity contribution in [2.75, 3.05) is 12.3 Å². The molecule has 1 fully saturated rings. The minimum atomic E-state index is -0.641. The van der Waals surface area contributed by atoms with Gasteiger partial charge in [0.15, 0.2) is 0 Å². The zero-order chi connectivity index (χ0) is 21.3. The number of esters is 1. The molecule has 0 aromatic carbocycles. The number of hydrogen-bond donors (Lipinski definition) is 1. The van der Waals surface area contributed by atoms with Gasteiger partial charge in [-0.1, -0.05) is 12.0 Å². The van der Waals surface area contributed by atoms with Crippen LogP contribution in [0.1, 0.15) is 70.1 Å². The van der Waals surface area contributed by atoms with E-state index in [1.54, 1.807) is 6.92 Å². The molecule has 3 rings (SSSR count).